The molecule has 6 heteroatoms. The maximum atomic E-state index is 14.2. The van der Waals surface area contributed by atoms with Gasteiger partial charge in [-0.3, -0.25) is 9.36 Å². The predicted molar refractivity (Wildman–Crippen MR) is 106 cm³/mol. The maximum Gasteiger partial charge on any atom is 0.261 e. The van der Waals surface area contributed by atoms with E-state index in [9.17, 15) is 9.18 Å². The zero-order chi connectivity index (χ0) is 19.8. The van der Waals surface area contributed by atoms with Gasteiger partial charge in [0.15, 0.2) is 0 Å². The molecule has 0 fully saturated rings. The van der Waals surface area contributed by atoms with Crippen molar-refractivity contribution in [3.05, 3.63) is 106 Å². The van der Waals surface area contributed by atoms with E-state index in [-0.39, 0.29) is 18.7 Å². The number of hydrogen-bond acceptors (Lipinski definition) is 4. The van der Waals surface area contributed by atoms with Crippen LogP contribution in [-0.4, -0.2) is 9.55 Å². The lowest BCUT2D eigenvalue weighted by atomic mass is 10.1. The summed E-state index contributed by atoms with van der Waals surface area (Å²) in [5.74, 6) is 0.150. The standard InChI is InChI=1S/C23H17FN2O3/c24-18-10-16(12-26-14-25-20-9-5-4-8-19(20)22(26)27)21-17(11-18)13-28-23(29-21)15-6-2-1-3-7-15/h1-11,14,23H,12-13H2/t23-/m1/s1. The van der Waals surface area contributed by atoms with Crippen molar-refractivity contribution in [1.82, 2.24) is 9.55 Å². The van der Waals surface area contributed by atoms with Gasteiger partial charge in [0.1, 0.15) is 11.6 Å². The van der Waals surface area contributed by atoms with Crippen LogP contribution in [0.3, 0.4) is 0 Å². The van der Waals surface area contributed by atoms with Crippen LogP contribution in [0.15, 0.2) is 77.9 Å². The molecule has 0 amide bonds. The molecule has 2 heterocycles. The first-order valence-electron chi connectivity index (χ1n) is 9.28. The van der Waals surface area contributed by atoms with Crippen molar-refractivity contribution in [1.29, 1.82) is 0 Å². The van der Waals surface area contributed by atoms with E-state index < -0.39 is 12.1 Å². The zero-order valence-electron chi connectivity index (χ0n) is 15.4. The van der Waals surface area contributed by atoms with Gasteiger partial charge in [0.25, 0.3) is 5.56 Å². The number of para-hydroxylation sites is 1. The minimum absolute atomic E-state index is 0.151. The van der Waals surface area contributed by atoms with Crippen molar-refractivity contribution < 1.29 is 13.9 Å². The van der Waals surface area contributed by atoms with Gasteiger partial charge in [0.05, 0.1) is 30.4 Å². The number of benzene rings is 3. The van der Waals surface area contributed by atoms with E-state index in [4.69, 9.17) is 9.47 Å². The molecule has 0 aliphatic carbocycles. The number of hydrogen-bond donors (Lipinski definition) is 0. The fourth-order valence-corrected chi connectivity index (χ4v) is 3.57. The Bertz CT molecular complexity index is 1250. The molecule has 29 heavy (non-hydrogen) atoms. The van der Waals surface area contributed by atoms with E-state index in [1.807, 2.05) is 36.4 Å². The van der Waals surface area contributed by atoms with Crippen LogP contribution >= 0.6 is 0 Å². The first-order chi connectivity index (χ1) is 14.2. The van der Waals surface area contributed by atoms with Crippen LogP contribution in [0.4, 0.5) is 4.39 Å². The van der Waals surface area contributed by atoms with Crippen molar-refractivity contribution in [2.45, 2.75) is 19.4 Å². The van der Waals surface area contributed by atoms with Crippen LogP contribution in [0.25, 0.3) is 10.9 Å². The Kier molecular flexibility index (Phi) is 4.33. The quantitative estimate of drug-likeness (QED) is 0.528. The summed E-state index contributed by atoms with van der Waals surface area (Å²) in [6, 6.07) is 19.5. The molecule has 5 rings (SSSR count). The summed E-state index contributed by atoms with van der Waals surface area (Å²) in [6.07, 6.45) is 0.898. The van der Waals surface area contributed by atoms with Crippen molar-refractivity contribution in [3.8, 4) is 5.75 Å². The van der Waals surface area contributed by atoms with Gasteiger partial charge in [0, 0.05) is 16.7 Å². The molecule has 0 saturated heterocycles. The summed E-state index contributed by atoms with van der Waals surface area (Å²) < 4.78 is 27.5. The number of rotatable bonds is 3. The lowest BCUT2D eigenvalue weighted by Gasteiger charge is -2.28. The van der Waals surface area contributed by atoms with E-state index in [0.717, 1.165) is 5.56 Å². The lowest BCUT2D eigenvalue weighted by Crippen LogP contribution is -2.23. The number of nitrogens with zero attached hydrogens (tertiary/aromatic N) is 2. The van der Waals surface area contributed by atoms with Crippen molar-refractivity contribution in [2.75, 3.05) is 0 Å². The molecule has 1 aliphatic rings. The van der Waals surface area contributed by atoms with Crippen LogP contribution in [0, 0.1) is 5.82 Å². The Labute approximate surface area is 166 Å². The first-order valence-corrected chi connectivity index (χ1v) is 9.28. The molecule has 0 spiro atoms. The molecule has 1 aliphatic heterocycles. The molecule has 4 aromatic rings. The Hall–Kier alpha value is -3.51. The largest absolute Gasteiger partial charge is 0.460 e. The second kappa shape index (κ2) is 7.14. The van der Waals surface area contributed by atoms with Gasteiger partial charge in [-0.25, -0.2) is 9.37 Å². The van der Waals surface area contributed by atoms with E-state index in [1.165, 1.54) is 23.0 Å². The van der Waals surface area contributed by atoms with Gasteiger partial charge in [-0.15, -0.1) is 0 Å². The van der Waals surface area contributed by atoms with E-state index in [1.54, 1.807) is 18.2 Å². The second-order valence-electron chi connectivity index (χ2n) is 6.92. The molecular formula is C23H17FN2O3. The molecule has 0 saturated carbocycles. The maximum absolute atomic E-state index is 14.2. The Morgan fingerprint density at radius 1 is 1.07 bits per heavy atom. The predicted octanol–water partition coefficient (Wildman–Crippen LogP) is 4.19. The molecule has 0 radical (unpaired) electrons. The minimum Gasteiger partial charge on any atom is -0.460 e. The topological polar surface area (TPSA) is 53.4 Å². The molecule has 144 valence electrons. The average Bonchev–Trinajstić information content (AvgIpc) is 2.76. The third-order valence-electron chi connectivity index (χ3n) is 4.97. The molecule has 0 bridgehead atoms. The molecule has 0 unspecified atom stereocenters. The Morgan fingerprint density at radius 2 is 1.86 bits per heavy atom. The van der Waals surface area contributed by atoms with Gasteiger partial charge in [-0.2, -0.15) is 0 Å². The van der Waals surface area contributed by atoms with Gasteiger partial charge in [0.2, 0.25) is 6.29 Å². The van der Waals surface area contributed by atoms with Crippen molar-refractivity contribution >= 4 is 10.9 Å². The summed E-state index contributed by atoms with van der Waals surface area (Å²) in [6.45, 7) is 0.378. The normalized spacial score (nSPS) is 15.7. The summed E-state index contributed by atoms with van der Waals surface area (Å²) in [5, 5.41) is 0.520. The first kappa shape index (κ1) is 17.6. The second-order valence-corrected chi connectivity index (χ2v) is 6.92. The monoisotopic (exact) mass is 388 g/mol. The van der Waals surface area contributed by atoms with Gasteiger partial charge >= 0.3 is 0 Å². The Morgan fingerprint density at radius 3 is 2.72 bits per heavy atom. The SMILES string of the molecule is O=c1c2ccccc2ncn1Cc1cc(F)cc2c1O[C@H](c1ccccc1)OC2. The highest BCUT2D eigenvalue weighted by Gasteiger charge is 2.25. The average molecular weight is 388 g/mol. The van der Waals surface area contributed by atoms with Gasteiger partial charge in [-0.1, -0.05) is 42.5 Å². The fourth-order valence-electron chi connectivity index (χ4n) is 3.57. The molecular weight excluding hydrogens is 371 g/mol. The Balaban J connectivity index is 1.54. The number of halogens is 1. The van der Waals surface area contributed by atoms with Crippen LogP contribution in [-0.2, 0) is 17.9 Å². The van der Waals surface area contributed by atoms with Gasteiger partial charge < -0.3 is 9.47 Å². The van der Waals surface area contributed by atoms with Crippen LogP contribution in [0.5, 0.6) is 5.75 Å². The smallest absolute Gasteiger partial charge is 0.261 e. The van der Waals surface area contributed by atoms with E-state index >= 15 is 0 Å². The number of aromatic nitrogens is 2. The van der Waals surface area contributed by atoms with Crippen LogP contribution in [0.2, 0.25) is 0 Å². The minimum atomic E-state index is -0.584. The summed E-state index contributed by atoms with van der Waals surface area (Å²) in [4.78, 5) is 17.2. The highest BCUT2D eigenvalue weighted by Crippen LogP contribution is 2.36. The molecule has 1 atom stereocenters. The number of fused-ring (bicyclic) bond motifs is 2. The van der Waals surface area contributed by atoms with E-state index in [0.29, 0.717) is 27.8 Å². The third-order valence-corrected chi connectivity index (χ3v) is 4.97. The summed E-state index contributed by atoms with van der Waals surface area (Å²) >= 11 is 0. The lowest BCUT2D eigenvalue weighted by molar-refractivity contribution is -0.112. The zero-order valence-corrected chi connectivity index (χ0v) is 15.4. The highest BCUT2D eigenvalue weighted by atomic mass is 19.1. The molecule has 5 nitrogen and oxygen atoms in total. The van der Waals surface area contributed by atoms with Gasteiger partial charge in [-0.05, 0) is 24.3 Å². The highest BCUT2D eigenvalue weighted by molar-refractivity contribution is 5.76. The van der Waals surface area contributed by atoms with Crippen molar-refractivity contribution in [3.63, 3.8) is 0 Å². The third kappa shape index (κ3) is 3.28. The molecule has 0 N–H and O–H groups in total. The fraction of sp³-hybridized carbons (Fsp3) is 0.130. The molecule has 3 aromatic carbocycles. The number of ether oxygens (including phenoxy) is 2. The summed E-state index contributed by atoms with van der Waals surface area (Å²) in [5.41, 5.74) is 2.51. The molecule has 1 aromatic heterocycles. The van der Waals surface area contributed by atoms with E-state index in [2.05, 4.69) is 4.98 Å². The van der Waals surface area contributed by atoms with Crippen molar-refractivity contribution in [2.24, 2.45) is 0 Å². The summed E-state index contributed by atoms with van der Waals surface area (Å²) in [7, 11) is 0. The van der Waals surface area contributed by atoms with Crippen LogP contribution < -0.4 is 10.3 Å². The van der Waals surface area contributed by atoms with Crippen LogP contribution in [0.1, 0.15) is 23.0 Å².